The van der Waals surface area contributed by atoms with Crippen molar-refractivity contribution in [2.24, 2.45) is 0 Å². The molecule has 0 atom stereocenters. The molecule has 1 amide bonds. The van der Waals surface area contributed by atoms with Crippen molar-refractivity contribution in [1.29, 1.82) is 5.26 Å². The minimum absolute atomic E-state index is 0.0845. The number of aromatic nitrogens is 2. The fourth-order valence-electron chi connectivity index (χ4n) is 1.88. The molecule has 0 saturated carbocycles. The van der Waals surface area contributed by atoms with Crippen LogP contribution in [0.25, 0.3) is 0 Å². The predicted molar refractivity (Wildman–Crippen MR) is 76.1 cm³/mol. The van der Waals surface area contributed by atoms with Gasteiger partial charge in [-0.2, -0.15) is 10.4 Å². The van der Waals surface area contributed by atoms with Crippen LogP contribution in [0.2, 0.25) is 0 Å². The smallest absolute Gasteiger partial charge is 0.278 e. The molecule has 2 aromatic rings. The topological polar surface area (TPSA) is 108 Å². The second-order valence-corrected chi connectivity index (χ2v) is 4.47. The molecule has 108 valence electrons. The zero-order chi connectivity index (χ0) is 15.4. The van der Waals surface area contributed by atoms with Crippen molar-refractivity contribution in [2.75, 3.05) is 11.1 Å². The first kappa shape index (κ1) is 14.5. The maximum Gasteiger partial charge on any atom is 0.278 e. The summed E-state index contributed by atoms with van der Waals surface area (Å²) < 4.78 is 13.2. The van der Waals surface area contributed by atoms with E-state index in [2.05, 4.69) is 15.5 Å². The van der Waals surface area contributed by atoms with E-state index in [1.807, 2.05) is 6.92 Å². The number of carbonyl (C=O) groups excluding carboxylic acids is 1. The number of nitrogens with one attached hydrogen (secondary N) is 2. The fourth-order valence-corrected chi connectivity index (χ4v) is 1.88. The predicted octanol–water partition coefficient (Wildman–Crippen LogP) is 2.21. The molecule has 4 N–H and O–H groups in total. The number of halogens is 1. The number of anilines is 2. The second-order valence-electron chi connectivity index (χ2n) is 4.47. The molecule has 7 heteroatoms. The molecule has 1 aromatic heterocycles. The van der Waals surface area contributed by atoms with Crippen LogP contribution in [0, 0.1) is 17.1 Å². The molecule has 2 rings (SSSR count). The van der Waals surface area contributed by atoms with Crippen LogP contribution in [0.1, 0.15) is 35.1 Å². The molecule has 6 nitrogen and oxygen atoms in total. The highest BCUT2D eigenvalue weighted by Crippen LogP contribution is 2.19. The van der Waals surface area contributed by atoms with E-state index in [0.717, 1.165) is 12.5 Å². The Labute approximate surface area is 120 Å². The van der Waals surface area contributed by atoms with E-state index in [9.17, 15) is 9.18 Å². The SMILES string of the molecule is CCCc1[nH]nc(C(=O)Nc2ccc(F)c(C#N)c2)c1N. The van der Waals surface area contributed by atoms with Gasteiger partial charge in [-0.05, 0) is 24.6 Å². The molecule has 1 heterocycles. The second kappa shape index (κ2) is 6.05. The Morgan fingerprint density at radius 3 is 3.00 bits per heavy atom. The van der Waals surface area contributed by atoms with Crippen LogP contribution in [0.4, 0.5) is 15.8 Å². The van der Waals surface area contributed by atoms with Crippen molar-refractivity contribution in [3.8, 4) is 6.07 Å². The molecule has 1 aromatic carbocycles. The molecule has 21 heavy (non-hydrogen) atoms. The van der Waals surface area contributed by atoms with Crippen LogP contribution in [-0.2, 0) is 6.42 Å². The zero-order valence-electron chi connectivity index (χ0n) is 11.4. The summed E-state index contributed by atoms with van der Waals surface area (Å²) in [5, 5.41) is 17.9. The van der Waals surface area contributed by atoms with Crippen LogP contribution >= 0.6 is 0 Å². The van der Waals surface area contributed by atoms with Crippen LogP contribution < -0.4 is 11.1 Å². The highest BCUT2D eigenvalue weighted by molar-refractivity contribution is 6.06. The Morgan fingerprint density at radius 2 is 2.33 bits per heavy atom. The normalized spacial score (nSPS) is 10.1. The Kier molecular flexibility index (Phi) is 4.18. The molecule has 0 spiro atoms. The van der Waals surface area contributed by atoms with Gasteiger partial charge in [-0.3, -0.25) is 9.89 Å². The number of nitrogen functional groups attached to an aromatic ring is 1. The molecule has 0 radical (unpaired) electrons. The van der Waals surface area contributed by atoms with Gasteiger partial charge in [-0.1, -0.05) is 13.3 Å². The summed E-state index contributed by atoms with van der Waals surface area (Å²) in [6, 6.07) is 5.44. The minimum Gasteiger partial charge on any atom is -0.395 e. The third kappa shape index (κ3) is 3.00. The average Bonchev–Trinajstić information content (AvgIpc) is 2.83. The van der Waals surface area contributed by atoms with Gasteiger partial charge in [0.15, 0.2) is 5.69 Å². The zero-order valence-corrected chi connectivity index (χ0v) is 11.4. The number of rotatable bonds is 4. The first-order valence-electron chi connectivity index (χ1n) is 6.40. The van der Waals surface area contributed by atoms with Gasteiger partial charge in [0.25, 0.3) is 5.91 Å². The number of nitriles is 1. The average molecular weight is 287 g/mol. The summed E-state index contributed by atoms with van der Waals surface area (Å²) in [5.74, 6) is -1.15. The quantitative estimate of drug-likeness (QED) is 0.801. The van der Waals surface area contributed by atoms with Gasteiger partial charge >= 0.3 is 0 Å². The number of hydrogen-bond acceptors (Lipinski definition) is 4. The highest BCUT2D eigenvalue weighted by Gasteiger charge is 2.17. The lowest BCUT2D eigenvalue weighted by Crippen LogP contribution is -2.14. The lowest BCUT2D eigenvalue weighted by atomic mass is 10.2. The summed E-state index contributed by atoms with van der Waals surface area (Å²) in [6.07, 6.45) is 1.57. The number of H-pyrrole nitrogens is 1. The molecule has 0 aliphatic heterocycles. The monoisotopic (exact) mass is 287 g/mol. The van der Waals surface area contributed by atoms with E-state index in [1.165, 1.54) is 12.1 Å². The summed E-state index contributed by atoms with van der Waals surface area (Å²) in [4.78, 5) is 12.1. The first-order chi connectivity index (χ1) is 10.1. The van der Waals surface area contributed by atoms with Crippen molar-refractivity contribution >= 4 is 17.3 Å². The molecule has 0 fully saturated rings. The van der Waals surface area contributed by atoms with Crippen molar-refractivity contribution < 1.29 is 9.18 Å². The van der Waals surface area contributed by atoms with Crippen molar-refractivity contribution in [2.45, 2.75) is 19.8 Å². The van der Waals surface area contributed by atoms with Crippen molar-refractivity contribution in [3.05, 3.63) is 41.0 Å². The van der Waals surface area contributed by atoms with Gasteiger partial charge < -0.3 is 11.1 Å². The van der Waals surface area contributed by atoms with E-state index in [1.54, 1.807) is 6.07 Å². The van der Waals surface area contributed by atoms with E-state index in [4.69, 9.17) is 11.0 Å². The number of benzene rings is 1. The van der Waals surface area contributed by atoms with Gasteiger partial charge in [0.1, 0.15) is 11.9 Å². The molecule has 0 bridgehead atoms. The number of carbonyl (C=O) groups is 1. The molecule has 0 aliphatic rings. The minimum atomic E-state index is -0.639. The third-order valence-electron chi connectivity index (χ3n) is 2.94. The number of amides is 1. The lowest BCUT2D eigenvalue weighted by Gasteiger charge is -2.05. The summed E-state index contributed by atoms with van der Waals surface area (Å²) in [6.45, 7) is 1.99. The molecule has 0 aliphatic carbocycles. The van der Waals surface area contributed by atoms with Crippen LogP contribution in [0.15, 0.2) is 18.2 Å². The number of nitrogens with two attached hydrogens (primary N) is 1. The lowest BCUT2D eigenvalue weighted by molar-refractivity contribution is 0.102. The Balaban J connectivity index is 2.20. The maximum atomic E-state index is 13.2. The van der Waals surface area contributed by atoms with E-state index in [-0.39, 0.29) is 11.3 Å². The first-order valence-corrected chi connectivity index (χ1v) is 6.40. The maximum absolute atomic E-state index is 13.2. The van der Waals surface area contributed by atoms with Crippen LogP contribution in [0.3, 0.4) is 0 Å². The van der Waals surface area contributed by atoms with E-state index < -0.39 is 11.7 Å². The Bertz CT molecular complexity index is 717. The van der Waals surface area contributed by atoms with Gasteiger partial charge in [-0.25, -0.2) is 4.39 Å². The summed E-state index contributed by atoms with van der Waals surface area (Å²) in [5.41, 5.74) is 7.11. The van der Waals surface area contributed by atoms with Crippen LogP contribution in [-0.4, -0.2) is 16.1 Å². The Hall–Kier alpha value is -2.88. The fraction of sp³-hybridized carbons (Fsp3) is 0.214. The van der Waals surface area contributed by atoms with Gasteiger partial charge in [0.2, 0.25) is 0 Å². The standard InChI is InChI=1S/C14H14FN5O/c1-2-3-11-12(17)13(20-19-11)14(21)18-9-4-5-10(15)8(6-9)7-16/h4-6H,2-3,17H2,1H3,(H,18,21)(H,19,20). The number of aromatic amines is 1. The third-order valence-corrected chi connectivity index (χ3v) is 2.94. The molecule has 0 unspecified atom stereocenters. The number of nitrogens with zero attached hydrogens (tertiary/aromatic N) is 2. The number of aryl methyl sites for hydroxylation is 1. The van der Waals surface area contributed by atoms with Gasteiger partial charge in [0.05, 0.1) is 16.9 Å². The Morgan fingerprint density at radius 1 is 1.57 bits per heavy atom. The molecular weight excluding hydrogens is 273 g/mol. The van der Waals surface area contributed by atoms with Crippen molar-refractivity contribution in [1.82, 2.24) is 10.2 Å². The van der Waals surface area contributed by atoms with Gasteiger partial charge in [0, 0.05) is 5.69 Å². The van der Waals surface area contributed by atoms with Gasteiger partial charge in [-0.15, -0.1) is 0 Å². The number of hydrogen-bond donors (Lipinski definition) is 3. The molecule has 0 saturated heterocycles. The summed E-state index contributed by atoms with van der Waals surface area (Å²) >= 11 is 0. The van der Waals surface area contributed by atoms with Crippen LogP contribution in [0.5, 0.6) is 0 Å². The highest BCUT2D eigenvalue weighted by atomic mass is 19.1. The summed E-state index contributed by atoms with van der Waals surface area (Å²) in [7, 11) is 0. The molecular formula is C14H14FN5O. The van der Waals surface area contributed by atoms with Crippen molar-refractivity contribution in [3.63, 3.8) is 0 Å². The van der Waals surface area contributed by atoms with E-state index in [0.29, 0.717) is 23.5 Å². The largest absolute Gasteiger partial charge is 0.395 e. The van der Waals surface area contributed by atoms with E-state index >= 15 is 0 Å².